The molecule has 1 aromatic heterocycles. The van der Waals surface area contributed by atoms with E-state index in [4.69, 9.17) is 4.74 Å². The summed E-state index contributed by atoms with van der Waals surface area (Å²) in [6.45, 7) is 5.72. The van der Waals surface area contributed by atoms with E-state index in [9.17, 15) is 4.79 Å². The molecule has 1 heterocycles. The van der Waals surface area contributed by atoms with Crippen LogP contribution in [0.1, 0.15) is 46.5 Å². The lowest BCUT2D eigenvalue weighted by molar-refractivity contribution is -0.161. The molecule has 2 atom stereocenters. The van der Waals surface area contributed by atoms with Gasteiger partial charge in [0.25, 0.3) is 0 Å². The highest BCUT2D eigenvalue weighted by atomic mass is 16.6. The molecule has 0 amide bonds. The Morgan fingerprint density at radius 2 is 2.15 bits per heavy atom. The number of esters is 1. The number of nitrogens with one attached hydrogen (secondary N) is 1. The van der Waals surface area contributed by atoms with Crippen LogP contribution < -0.4 is 5.32 Å². The van der Waals surface area contributed by atoms with Gasteiger partial charge < -0.3 is 10.1 Å². The first-order valence-corrected chi connectivity index (χ1v) is 7.19. The molecule has 0 spiro atoms. The van der Waals surface area contributed by atoms with Crippen molar-refractivity contribution in [1.82, 2.24) is 9.97 Å². The monoisotopic (exact) mass is 277 g/mol. The van der Waals surface area contributed by atoms with Crippen LogP contribution in [-0.2, 0) is 9.53 Å². The minimum absolute atomic E-state index is 0.0165. The Labute approximate surface area is 120 Å². The minimum Gasteiger partial charge on any atom is -0.460 e. The zero-order valence-electron chi connectivity index (χ0n) is 12.4. The standard InChI is InChI=1S/C15H23N3O2/c1-15(2,3)20-14(19)11-5-4-6-12(9-11)18-13-10-16-7-8-17-13/h7-8,10-12H,4-6,9H2,1-3H3,(H,17,18). The van der Waals surface area contributed by atoms with Crippen molar-refractivity contribution >= 4 is 11.8 Å². The fraction of sp³-hybridized carbons (Fsp3) is 0.667. The molecule has 1 fully saturated rings. The summed E-state index contributed by atoms with van der Waals surface area (Å²) >= 11 is 0. The minimum atomic E-state index is -0.414. The molecule has 110 valence electrons. The topological polar surface area (TPSA) is 64.1 Å². The first kappa shape index (κ1) is 14.8. The van der Waals surface area contributed by atoms with E-state index < -0.39 is 5.60 Å². The highest BCUT2D eigenvalue weighted by Gasteiger charge is 2.30. The van der Waals surface area contributed by atoms with Crippen LogP contribution >= 0.6 is 0 Å². The Balaban J connectivity index is 1.90. The Kier molecular flexibility index (Phi) is 4.57. The molecule has 5 nitrogen and oxygen atoms in total. The number of anilines is 1. The van der Waals surface area contributed by atoms with Gasteiger partial charge >= 0.3 is 5.97 Å². The SMILES string of the molecule is CC(C)(C)OC(=O)C1CCCC(Nc2cnccn2)C1. The zero-order chi connectivity index (χ0) is 14.6. The van der Waals surface area contributed by atoms with E-state index in [1.807, 2.05) is 20.8 Å². The largest absolute Gasteiger partial charge is 0.460 e. The van der Waals surface area contributed by atoms with E-state index in [2.05, 4.69) is 15.3 Å². The molecule has 1 aromatic rings. The molecule has 20 heavy (non-hydrogen) atoms. The van der Waals surface area contributed by atoms with Gasteiger partial charge in [-0.05, 0) is 40.0 Å². The van der Waals surface area contributed by atoms with Crippen molar-refractivity contribution in [3.63, 3.8) is 0 Å². The van der Waals surface area contributed by atoms with E-state index in [-0.39, 0.29) is 17.9 Å². The maximum Gasteiger partial charge on any atom is 0.309 e. The van der Waals surface area contributed by atoms with E-state index in [1.54, 1.807) is 18.6 Å². The van der Waals surface area contributed by atoms with Crippen LogP contribution in [0.3, 0.4) is 0 Å². The third kappa shape index (κ3) is 4.47. The summed E-state index contributed by atoms with van der Waals surface area (Å²) in [7, 11) is 0. The molecule has 1 aliphatic rings. The molecule has 1 saturated carbocycles. The number of carbonyl (C=O) groups excluding carboxylic acids is 1. The molecular formula is C15H23N3O2. The molecule has 2 unspecified atom stereocenters. The predicted molar refractivity (Wildman–Crippen MR) is 77.2 cm³/mol. The molecule has 1 N–H and O–H groups in total. The molecule has 5 heteroatoms. The summed E-state index contributed by atoms with van der Waals surface area (Å²) < 4.78 is 5.48. The number of nitrogens with zero attached hydrogens (tertiary/aromatic N) is 2. The zero-order valence-corrected chi connectivity index (χ0v) is 12.4. The number of rotatable bonds is 3. The van der Waals surface area contributed by atoms with Gasteiger partial charge in [-0.15, -0.1) is 0 Å². The van der Waals surface area contributed by atoms with Gasteiger partial charge in [0.15, 0.2) is 0 Å². The summed E-state index contributed by atoms with van der Waals surface area (Å²) in [4.78, 5) is 20.4. The molecule has 2 rings (SSSR count). The number of carbonyl (C=O) groups is 1. The van der Waals surface area contributed by atoms with Gasteiger partial charge in [0.05, 0.1) is 12.1 Å². The van der Waals surface area contributed by atoms with Gasteiger partial charge in [-0.2, -0.15) is 0 Å². The first-order chi connectivity index (χ1) is 9.44. The van der Waals surface area contributed by atoms with E-state index >= 15 is 0 Å². The second-order valence-electron chi connectivity index (χ2n) is 6.33. The van der Waals surface area contributed by atoms with E-state index in [0.717, 1.165) is 31.5 Å². The van der Waals surface area contributed by atoms with Crippen molar-refractivity contribution in [3.05, 3.63) is 18.6 Å². The Hall–Kier alpha value is -1.65. The van der Waals surface area contributed by atoms with Crippen molar-refractivity contribution in [3.8, 4) is 0 Å². The molecule has 0 bridgehead atoms. The average molecular weight is 277 g/mol. The lowest BCUT2D eigenvalue weighted by Gasteiger charge is -2.31. The highest BCUT2D eigenvalue weighted by molar-refractivity contribution is 5.73. The molecule has 1 aliphatic carbocycles. The Bertz CT molecular complexity index is 442. The predicted octanol–water partition coefficient (Wildman–Crippen LogP) is 2.79. The van der Waals surface area contributed by atoms with Crippen LogP contribution in [0.4, 0.5) is 5.82 Å². The summed E-state index contributed by atoms with van der Waals surface area (Å²) in [6.07, 6.45) is 8.81. The fourth-order valence-electron chi connectivity index (χ4n) is 2.50. The number of hydrogen-bond acceptors (Lipinski definition) is 5. The van der Waals surface area contributed by atoms with Crippen molar-refractivity contribution < 1.29 is 9.53 Å². The van der Waals surface area contributed by atoms with Gasteiger partial charge in [0, 0.05) is 18.4 Å². The van der Waals surface area contributed by atoms with Crippen LogP contribution in [-0.4, -0.2) is 27.6 Å². The fourth-order valence-corrected chi connectivity index (χ4v) is 2.50. The first-order valence-electron chi connectivity index (χ1n) is 7.19. The van der Waals surface area contributed by atoms with Gasteiger partial charge in [0.1, 0.15) is 11.4 Å². The van der Waals surface area contributed by atoms with Crippen molar-refractivity contribution in [2.75, 3.05) is 5.32 Å². The third-order valence-electron chi connectivity index (χ3n) is 3.33. The molecular weight excluding hydrogens is 254 g/mol. The quantitative estimate of drug-likeness (QED) is 0.861. The number of aromatic nitrogens is 2. The van der Waals surface area contributed by atoms with Crippen molar-refractivity contribution in [2.45, 2.75) is 58.1 Å². The second-order valence-corrected chi connectivity index (χ2v) is 6.33. The summed E-state index contributed by atoms with van der Waals surface area (Å²) in [5.74, 6) is 0.669. The van der Waals surface area contributed by atoms with Crippen molar-refractivity contribution in [2.24, 2.45) is 5.92 Å². The number of ether oxygens (including phenoxy) is 1. The van der Waals surface area contributed by atoms with Gasteiger partial charge in [-0.1, -0.05) is 6.42 Å². The van der Waals surface area contributed by atoms with Gasteiger partial charge in [-0.25, -0.2) is 4.98 Å². The third-order valence-corrected chi connectivity index (χ3v) is 3.33. The molecule has 0 saturated heterocycles. The smallest absolute Gasteiger partial charge is 0.309 e. The van der Waals surface area contributed by atoms with Crippen LogP contribution in [0, 0.1) is 5.92 Å². The maximum atomic E-state index is 12.1. The molecule has 0 radical (unpaired) electrons. The molecule has 0 aliphatic heterocycles. The summed E-state index contributed by atoms with van der Waals surface area (Å²) in [6, 6.07) is 0.262. The van der Waals surface area contributed by atoms with E-state index in [0.29, 0.717) is 0 Å². The van der Waals surface area contributed by atoms with Crippen LogP contribution in [0.5, 0.6) is 0 Å². The number of hydrogen-bond donors (Lipinski definition) is 1. The Morgan fingerprint density at radius 1 is 1.35 bits per heavy atom. The molecule has 0 aromatic carbocycles. The lowest BCUT2D eigenvalue weighted by atomic mass is 9.85. The maximum absolute atomic E-state index is 12.1. The van der Waals surface area contributed by atoms with Crippen LogP contribution in [0.2, 0.25) is 0 Å². The lowest BCUT2D eigenvalue weighted by Crippen LogP contribution is -2.35. The highest BCUT2D eigenvalue weighted by Crippen LogP contribution is 2.28. The van der Waals surface area contributed by atoms with E-state index in [1.165, 1.54) is 0 Å². The summed E-state index contributed by atoms with van der Waals surface area (Å²) in [5.41, 5.74) is -0.414. The summed E-state index contributed by atoms with van der Waals surface area (Å²) in [5, 5.41) is 3.35. The normalized spacial score (nSPS) is 23.1. The van der Waals surface area contributed by atoms with Crippen LogP contribution in [0.15, 0.2) is 18.6 Å². The van der Waals surface area contributed by atoms with Crippen LogP contribution in [0.25, 0.3) is 0 Å². The Morgan fingerprint density at radius 3 is 2.80 bits per heavy atom. The van der Waals surface area contributed by atoms with Gasteiger partial charge in [0.2, 0.25) is 0 Å². The van der Waals surface area contributed by atoms with Crippen molar-refractivity contribution in [1.29, 1.82) is 0 Å². The van der Waals surface area contributed by atoms with Gasteiger partial charge in [-0.3, -0.25) is 9.78 Å². The second kappa shape index (κ2) is 6.20. The average Bonchev–Trinajstić information content (AvgIpc) is 2.38.